The fourth-order valence-electron chi connectivity index (χ4n) is 2.65. The van der Waals surface area contributed by atoms with E-state index in [0.717, 1.165) is 40.3 Å². The molecule has 3 heteroatoms. The van der Waals surface area contributed by atoms with Crippen LogP contribution in [0.1, 0.15) is 43.9 Å². The van der Waals surface area contributed by atoms with Gasteiger partial charge in [0.15, 0.2) is 0 Å². The van der Waals surface area contributed by atoms with Crippen molar-refractivity contribution < 1.29 is 9.47 Å². The zero-order valence-corrected chi connectivity index (χ0v) is 16.1. The fourth-order valence-corrected chi connectivity index (χ4v) is 2.85. The van der Waals surface area contributed by atoms with Crippen molar-refractivity contribution in [3.63, 3.8) is 0 Å². The van der Waals surface area contributed by atoms with Gasteiger partial charge in [0.25, 0.3) is 0 Å². The number of hydrogen-bond acceptors (Lipinski definition) is 3. The van der Waals surface area contributed by atoms with Crippen molar-refractivity contribution in [2.45, 2.75) is 33.6 Å². The predicted octanol–water partition coefficient (Wildman–Crippen LogP) is 5.87. The molecule has 0 radical (unpaired) electrons. The molecule has 132 valence electrons. The Balaban J connectivity index is 2.35. The zero-order valence-electron chi connectivity index (χ0n) is 15.2. The lowest BCUT2D eigenvalue weighted by Crippen LogP contribution is -2.01. The number of hydrogen-bond donors (Lipinski definition) is 0. The van der Waals surface area contributed by atoms with Crippen molar-refractivity contribution in [2.24, 2.45) is 0 Å². The maximum absolute atomic E-state index is 5.85. The Bertz CT molecular complexity index is 720. The molecule has 0 aliphatic heterocycles. The SMILES string of the molecule is CCCc1cc(OCC)c(C=CC(=S)c2ccccc2)cc1OCC. The molecule has 2 nitrogen and oxygen atoms in total. The molecule has 0 saturated carbocycles. The van der Waals surface area contributed by atoms with Crippen LogP contribution in [0, 0.1) is 0 Å². The highest BCUT2D eigenvalue weighted by Crippen LogP contribution is 2.31. The summed E-state index contributed by atoms with van der Waals surface area (Å²) in [6.45, 7) is 7.45. The summed E-state index contributed by atoms with van der Waals surface area (Å²) < 4.78 is 11.7. The predicted molar refractivity (Wildman–Crippen MR) is 110 cm³/mol. The Kier molecular flexibility index (Phi) is 7.68. The van der Waals surface area contributed by atoms with Gasteiger partial charge < -0.3 is 9.47 Å². The normalized spacial score (nSPS) is 10.8. The molecule has 25 heavy (non-hydrogen) atoms. The van der Waals surface area contributed by atoms with Crippen LogP contribution in [0.15, 0.2) is 48.5 Å². The quantitative estimate of drug-likeness (QED) is 0.319. The maximum atomic E-state index is 5.85. The molecule has 2 rings (SSSR count). The number of rotatable bonds is 9. The van der Waals surface area contributed by atoms with Crippen LogP contribution in [-0.2, 0) is 6.42 Å². The van der Waals surface area contributed by atoms with E-state index in [1.54, 1.807) is 0 Å². The minimum Gasteiger partial charge on any atom is -0.494 e. The van der Waals surface area contributed by atoms with E-state index in [1.807, 2.05) is 56.3 Å². The third kappa shape index (κ3) is 5.43. The number of aryl methyl sites for hydroxylation is 1. The molecule has 0 amide bonds. The van der Waals surface area contributed by atoms with Gasteiger partial charge in [0, 0.05) is 10.4 Å². The monoisotopic (exact) mass is 354 g/mol. The van der Waals surface area contributed by atoms with Crippen LogP contribution in [0.2, 0.25) is 0 Å². The van der Waals surface area contributed by atoms with Crippen molar-refractivity contribution in [2.75, 3.05) is 13.2 Å². The molecule has 0 N–H and O–H groups in total. The first-order valence-electron chi connectivity index (χ1n) is 8.89. The molecule has 0 bridgehead atoms. The number of benzene rings is 2. The standard InChI is InChI=1S/C22H26O2S/c1-4-10-18-15-21(24-6-3)19(16-20(18)23-5-2)13-14-22(25)17-11-8-7-9-12-17/h7-9,11-16H,4-6,10H2,1-3H3. The van der Waals surface area contributed by atoms with Crippen molar-refractivity contribution in [1.29, 1.82) is 0 Å². The van der Waals surface area contributed by atoms with Crippen LogP contribution in [0.4, 0.5) is 0 Å². The fraction of sp³-hybridized carbons (Fsp3) is 0.318. The first-order valence-corrected chi connectivity index (χ1v) is 9.30. The molecule has 0 spiro atoms. The molecule has 0 heterocycles. The van der Waals surface area contributed by atoms with E-state index in [-0.39, 0.29) is 0 Å². The lowest BCUT2D eigenvalue weighted by Gasteiger charge is -2.15. The van der Waals surface area contributed by atoms with E-state index >= 15 is 0 Å². The molecule has 2 aromatic rings. The lowest BCUT2D eigenvalue weighted by molar-refractivity contribution is 0.327. The third-order valence-corrected chi connectivity index (χ3v) is 4.16. The van der Waals surface area contributed by atoms with Crippen LogP contribution in [-0.4, -0.2) is 18.1 Å². The van der Waals surface area contributed by atoms with Crippen LogP contribution >= 0.6 is 12.2 Å². The highest BCUT2D eigenvalue weighted by Gasteiger charge is 2.10. The van der Waals surface area contributed by atoms with Gasteiger partial charge in [-0.2, -0.15) is 0 Å². The molecule has 0 fully saturated rings. The average molecular weight is 355 g/mol. The summed E-state index contributed by atoms with van der Waals surface area (Å²) in [4.78, 5) is 0.804. The zero-order chi connectivity index (χ0) is 18.1. The van der Waals surface area contributed by atoms with Crippen LogP contribution in [0.3, 0.4) is 0 Å². The summed E-state index contributed by atoms with van der Waals surface area (Å²) >= 11 is 5.52. The lowest BCUT2D eigenvalue weighted by atomic mass is 10.0. The first kappa shape index (κ1) is 19.2. The molecule has 0 unspecified atom stereocenters. The second-order valence-electron chi connectivity index (χ2n) is 5.68. The Morgan fingerprint density at radius 2 is 1.64 bits per heavy atom. The Morgan fingerprint density at radius 3 is 2.28 bits per heavy atom. The van der Waals surface area contributed by atoms with Gasteiger partial charge in [-0.05, 0) is 55.7 Å². The molecule has 0 aromatic heterocycles. The minimum absolute atomic E-state index is 0.628. The minimum atomic E-state index is 0.628. The molecule has 0 atom stereocenters. The molecule has 0 aliphatic carbocycles. The van der Waals surface area contributed by atoms with Gasteiger partial charge in [0.1, 0.15) is 11.5 Å². The molecular weight excluding hydrogens is 328 g/mol. The van der Waals surface area contributed by atoms with Gasteiger partial charge in [0.2, 0.25) is 0 Å². The summed E-state index contributed by atoms with van der Waals surface area (Å²) in [6.07, 6.45) is 6.01. The largest absolute Gasteiger partial charge is 0.494 e. The van der Waals surface area contributed by atoms with Crippen LogP contribution < -0.4 is 9.47 Å². The number of thiocarbonyl (C=S) groups is 1. The highest BCUT2D eigenvalue weighted by atomic mass is 32.1. The Labute approximate surface area is 156 Å². The number of ether oxygens (including phenoxy) is 2. The molecular formula is C22H26O2S. The van der Waals surface area contributed by atoms with Crippen LogP contribution in [0.5, 0.6) is 11.5 Å². The van der Waals surface area contributed by atoms with Crippen molar-refractivity contribution in [3.8, 4) is 11.5 Å². The van der Waals surface area contributed by atoms with Gasteiger partial charge in [-0.1, -0.05) is 55.9 Å². The van der Waals surface area contributed by atoms with Crippen LogP contribution in [0.25, 0.3) is 6.08 Å². The maximum Gasteiger partial charge on any atom is 0.127 e. The molecule has 0 saturated heterocycles. The second-order valence-corrected chi connectivity index (χ2v) is 6.12. The summed E-state index contributed by atoms with van der Waals surface area (Å²) in [7, 11) is 0. The van der Waals surface area contributed by atoms with E-state index in [2.05, 4.69) is 19.1 Å². The smallest absolute Gasteiger partial charge is 0.127 e. The van der Waals surface area contributed by atoms with Gasteiger partial charge in [-0.15, -0.1) is 0 Å². The molecule has 2 aromatic carbocycles. The summed E-state index contributed by atoms with van der Waals surface area (Å²) in [5.41, 5.74) is 3.22. The second kappa shape index (κ2) is 10.00. The third-order valence-electron chi connectivity index (χ3n) is 3.78. The van der Waals surface area contributed by atoms with Gasteiger partial charge in [-0.25, -0.2) is 0 Å². The average Bonchev–Trinajstić information content (AvgIpc) is 2.63. The summed E-state index contributed by atoms with van der Waals surface area (Å²) in [5.74, 6) is 1.81. The first-order chi connectivity index (χ1) is 12.2. The van der Waals surface area contributed by atoms with E-state index < -0.39 is 0 Å². The Hall–Kier alpha value is -2.13. The van der Waals surface area contributed by atoms with Crippen molar-refractivity contribution >= 4 is 23.2 Å². The van der Waals surface area contributed by atoms with Crippen molar-refractivity contribution in [3.05, 3.63) is 65.2 Å². The van der Waals surface area contributed by atoms with E-state index in [0.29, 0.717) is 13.2 Å². The van der Waals surface area contributed by atoms with E-state index in [9.17, 15) is 0 Å². The highest BCUT2D eigenvalue weighted by molar-refractivity contribution is 7.81. The number of allylic oxidation sites excluding steroid dienone is 1. The Morgan fingerprint density at radius 1 is 0.960 bits per heavy atom. The van der Waals surface area contributed by atoms with E-state index in [4.69, 9.17) is 21.7 Å². The molecule has 0 aliphatic rings. The van der Waals surface area contributed by atoms with Gasteiger partial charge >= 0.3 is 0 Å². The van der Waals surface area contributed by atoms with E-state index in [1.165, 1.54) is 5.56 Å². The topological polar surface area (TPSA) is 18.5 Å². The summed E-state index contributed by atoms with van der Waals surface area (Å²) in [5, 5.41) is 0. The van der Waals surface area contributed by atoms with Crippen molar-refractivity contribution in [1.82, 2.24) is 0 Å². The van der Waals surface area contributed by atoms with Gasteiger partial charge in [0.05, 0.1) is 13.2 Å². The summed E-state index contributed by atoms with van der Waals surface area (Å²) in [6, 6.07) is 14.2. The van der Waals surface area contributed by atoms with Gasteiger partial charge in [-0.3, -0.25) is 0 Å².